The third-order valence-corrected chi connectivity index (χ3v) is 6.95. The van der Waals surface area contributed by atoms with Crippen LogP contribution in [0.1, 0.15) is 20.3 Å². The van der Waals surface area contributed by atoms with Crippen LogP contribution in [0.5, 0.6) is 0 Å². The van der Waals surface area contributed by atoms with Crippen LogP contribution in [-0.4, -0.2) is 25.2 Å². The van der Waals surface area contributed by atoms with Crippen molar-refractivity contribution in [1.29, 1.82) is 0 Å². The maximum absolute atomic E-state index is 12.1. The summed E-state index contributed by atoms with van der Waals surface area (Å²) in [6.45, 7) is 5.59. The molecule has 2 unspecified atom stereocenters. The first-order valence-electron chi connectivity index (χ1n) is 9.85. The first-order valence-corrected chi connectivity index (χ1v) is 11.4. The molecule has 4 amide bonds. The lowest BCUT2D eigenvalue weighted by Crippen LogP contribution is -2.54. The predicted octanol–water partition coefficient (Wildman–Crippen LogP) is 5.82. The van der Waals surface area contributed by atoms with E-state index in [4.69, 9.17) is 0 Å². The molecule has 2 aromatic carbocycles. The second kappa shape index (κ2) is 9.83. The number of benzene rings is 2. The summed E-state index contributed by atoms with van der Waals surface area (Å²) >= 11 is 6.75. The molecule has 4 N–H and O–H groups in total. The van der Waals surface area contributed by atoms with Gasteiger partial charge in [-0.15, -0.1) is 0 Å². The summed E-state index contributed by atoms with van der Waals surface area (Å²) in [6.07, 6.45) is 0.962. The smallest absolute Gasteiger partial charge is 0.319 e. The van der Waals surface area contributed by atoms with E-state index in [9.17, 15) is 9.59 Å². The lowest BCUT2D eigenvalue weighted by Gasteiger charge is -2.52. The summed E-state index contributed by atoms with van der Waals surface area (Å²) in [5.41, 5.74) is 1.54. The fourth-order valence-corrected chi connectivity index (χ4v) is 4.19. The van der Waals surface area contributed by atoms with Gasteiger partial charge in [-0.05, 0) is 72.2 Å². The van der Waals surface area contributed by atoms with E-state index in [-0.39, 0.29) is 17.5 Å². The Morgan fingerprint density at radius 3 is 1.50 bits per heavy atom. The number of halogens is 2. The van der Waals surface area contributed by atoms with Crippen molar-refractivity contribution in [3.63, 3.8) is 0 Å². The molecule has 0 spiro atoms. The minimum Gasteiger partial charge on any atom is -0.338 e. The Morgan fingerprint density at radius 1 is 0.800 bits per heavy atom. The van der Waals surface area contributed by atoms with Gasteiger partial charge in [0.15, 0.2) is 0 Å². The first kappa shape index (κ1) is 22.6. The van der Waals surface area contributed by atoms with E-state index in [1.54, 1.807) is 0 Å². The van der Waals surface area contributed by atoms with E-state index in [0.717, 1.165) is 26.7 Å². The normalized spacial score (nSPS) is 19.3. The van der Waals surface area contributed by atoms with Gasteiger partial charge in [-0.1, -0.05) is 45.7 Å². The third-order valence-electron chi connectivity index (χ3n) is 5.90. The lowest BCUT2D eigenvalue weighted by molar-refractivity contribution is -0.0142. The van der Waals surface area contributed by atoms with Crippen LogP contribution in [0, 0.1) is 17.3 Å². The van der Waals surface area contributed by atoms with Gasteiger partial charge < -0.3 is 21.3 Å². The Morgan fingerprint density at radius 2 is 1.17 bits per heavy atom. The molecule has 8 heteroatoms. The van der Waals surface area contributed by atoms with Gasteiger partial charge in [-0.3, -0.25) is 0 Å². The zero-order valence-corrected chi connectivity index (χ0v) is 20.1. The highest BCUT2D eigenvalue weighted by Crippen LogP contribution is 2.50. The average molecular weight is 538 g/mol. The van der Waals surface area contributed by atoms with Gasteiger partial charge in [0.2, 0.25) is 0 Å². The number of carbonyl (C=O) groups is 2. The highest BCUT2D eigenvalue weighted by molar-refractivity contribution is 9.10. The molecule has 6 nitrogen and oxygen atoms in total. The maximum atomic E-state index is 12.1. The van der Waals surface area contributed by atoms with Crippen LogP contribution in [0.25, 0.3) is 0 Å². The first-order chi connectivity index (χ1) is 14.2. The Kier molecular flexibility index (Phi) is 7.41. The van der Waals surface area contributed by atoms with Crippen LogP contribution >= 0.6 is 31.9 Å². The van der Waals surface area contributed by atoms with E-state index in [2.05, 4.69) is 67.0 Å². The summed E-state index contributed by atoms with van der Waals surface area (Å²) in [4.78, 5) is 24.3. The SMILES string of the molecule is CC1(C)C(CNC(=O)Nc2ccc(Br)cc2)CC1CNC(=O)Nc1ccc(Br)cc1. The van der Waals surface area contributed by atoms with E-state index in [1.165, 1.54) is 0 Å². The monoisotopic (exact) mass is 536 g/mol. The predicted molar refractivity (Wildman–Crippen MR) is 128 cm³/mol. The van der Waals surface area contributed by atoms with Crippen LogP contribution in [0.15, 0.2) is 57.5 Å². The molecule has 160 valence electrons. The number of anilines is 2. The summed E-state index contributed by atoms with van der Waals surface area (Å²) in [5.74, 6) is 0.740. The molecule has 0 aromatic heterocycles. The van der Waals surface area contributed by atoms with Gasteiger partial charge in [0.1, 0.15) is 0 Å². The van der Waals surface area contributed by atoms with Crippen molar-refractivity contribution >= 4 is 55.3 Å². The summed E-state index contributed by atoms with van der Waals surface area (Å²) < 4.78 is 1.93. The molecule has 0 radical (unpaired) electrons. The zero-order valence-electron chi connectivity index (χ0n) is 17.0. The quantitative estimate of drug-likeness (QED) is 0.374. The van der Waals surface area contributed by atoms with Gasteiger partial charge in [-0.2, -0.15) is 0 Å². The fraction of sp³-hybridized carbons (Fsp3) is 0.364. The Balaban J connectivity index is 1.38. The number of carbonyl (C=O) groups excluding carboxylic acids is 2. The molecule has 30 heavy (non-hydrogen) atoms. The van der Waals surface area contributed by atoms with Gasteiger partial charge in [0.25, 0.3) is 0 Å². The number of rotatable bonds is 6. The van der Waals surface area contributed by atoms with Gasteiger partial charge in [0.05, 0.1) is 0 Å². The van der Waals surface area contributed by atoms with Crippen LogP contribution in [0.4, 0.5) is 21.0 Å². The molecule has 0 saturated heterocycles. The third kappa shape index (κ3) is 5.98. The Labute approximate surface area is 193 Å². The van der Waals surface area contributed by atoms with Crippen LogP contribution in [0.3, 0.4) is 0 Å². The van der Waals surface area contributed by atoms with Gasteiger partial charge in [0, 0.05) is 33.4 Å². The summed E-state index contributed by atoms with van der Waals surface area (Å²) in [5, 5.41) is 11.6. The second-order valence-corrected chi connectivity index (χ2v) is 9.97. The Bertz CT molecular complexity index is 814. The molecule has 0 heterocycles. The van der Waals surface area contributed by atoms with E-state index in [0.29, 0.717) is 24.9 Å². The molecule has 1 fully saturated rings. The van der Waals surface area contributed by atoms with E-state index in [1.807, 2.05) is 48.5 Å². The van der Waals surface area contributed by atoms with E-state index >= 15 is 0 Å². The average Bonchev–Trinajstić information content (AvgIpc) is 2.70. The lowest BCUT2D eigenvalue weighted by atomic mass is 9.54. The highest BCUT2D eigenvalue weighted by Gasteiger charge is 2.47. The maximum Gasteiger partial charge on any atom is 0.319 e. The number of amides is 4. The fourth-order valence-electron chi connectivity index (χ4n) is 3.67. The van der Waals surface area contributed by atoms with Crippen LogP contribution < -0.4 is 21.3 Å². The van der Waals surface area contributed by atoms with Crippen molar-refractivity contribution in [2.24, 2.45) is 17.3 Å². The number of hydrogen-bond donors (Lipinski definition) is 4. The van der Waals surface area contributed by atoms with Gasteiger partial charge >= 0.3 is 12.1 Å². The number of hydrogen-bond acceptors (Lipinski definition) is 2. The minimum atomic E-state index is -0.205. The van der Waals surface area contributed by atoms with Crippen molar-refractivity contribution in [1.82, 2.24) is 10.6 Å². The summed E-state index contributed by atoms with van der Waals surface area (Å²) in [7, 11) is 0. The number of urea groups is 2. The topological polar surface area (TPSA) is 82.3 Å². The van der Waals surface area contributed by atoms with Crippen LogP contribution in [-0.2, 0) is 0 Å². The van der Waals surface area contributed by atoms with Crippen LogP contribution in [0.2, 0.25) is 0 Å². The second-order valence-electron chi connectivity index (χ2n) is 8.13. The van der Waals surface area contributed by atoms with Crippen molar-refractivity contribution in [3.05, 3.63) is 57.5 Å². The van der Waals surface area contributed by atoms with Crippen molar-refractivity contribution in [2.75, 3.05) is 23.7 Å². The Hall–Kier alpha value is -2.06. The van der Waals surface area contributed by atoms with E-state index < -0.39 is 0 Å². The molecule has 1 saturated carbocycles. The molecular formula is C22H26Br2N4O2. The molecule has 1 aliphatic carbocycles. The van der Waals surface area contributed by atoms with Crippen molar-refractivity contribution in [2.45, 2.75) is 20.3 Å². The molecule has 2 atom stereocenters. The minimum absolute atomic E-state index is 0.0375. The standard InChI is InChI=1S/C22H26Br2N4O2/c1-22(2)14(12-25-20(29)27-18-7-3-16(23)4-8-18)11-15(22)13-26-21(30)28-19-9-5-17(24)6-10-19/h3-10,14-15H,11-13H2,1-2H3,(H2,25,27,29)(H2,26,28,30). The molecular weight excluding hydrogens is 512 g/mol. The summed E-state index contributed by atoms with van der Waals surface area (Å²) in [6, 6.07) is 14.5. The molecule has 1 aliphatic rings. The zero-order chi connectivity index (χ0) is 21.7. The molecule has 3 rings (SSSR count). The largest absolute Gasteiger partial charge is 0.338 e. The van der Waals surface area contributed by atoms with Crippen molar-refractivity contribution in [3.8, 4) is 0 Å². The van der Waals surface area contributed by atoms with Crippen molar-refractivity contribution < 1.29 is 9.59 Å². The molecule has 0 aliphatic heterocycles. The van der Waals surface area contributed by atoms with Gasteiger partial charge in [-0.25, -0.2) is 9.59 Å². The highest BCUT2D eigenvalue weighted by atomic mass is 79.9. The molecule has 0 bridgehead atoms. The molecule has 2 aromatic rings. The number of nitrogens with one attached hydrogen (secondary N) is 4.